The molecule has 0 heterocycles. The number of rotatable bonds is 3. The Morgan fingerprint density at radius 1 is 1.35 bits per heavy atom. The molecule has 0 bridgehead atoms. The minimum atomic E-state index is -0.527. The molecule has 2 atom stereocenters. The molecule has 0 aromatic carbocycles. The van der Waals surface area contributed by atoms with Crippen LogP contribution in [0.25, 0.3) is 0 Å². The summed E-state index contributed by atoms with van der Waals surface area (Å²) in [7, 11) is 1.67. The number of halogens is 2. The SMILES string of the molecule is COC1(CCl)C=CC(C2CCCCC2)=CC1Cl. The molecule has 1 saturated carbocycles. The molecule has 3 heteroatoms. The van der Waals surface area contributed by atoms with Crippen LogP contribution in [-0.2, 0) is 4.74 Å². The Balaban J connectivity index is 2.11. The maximum Gasteiger partial charge on any atom is 0.119 e. The Hall–Kier alpha value is 0.0200. The lowest BCUT2D eigenvalue weighted by Gasteiger charge is -2.35. The number of hydrogen-bond acceptors (Lipinski definition) is 1. The van der Waals surface area contributed by atoms with E-state index in [9.17, 15) is 0 Å². The molecule has 96 valence electrons. The summed E-state index contributed by atoms with van der Waals surface area (Å²) in [6.07, 6.45) is 13.0. The predicted molar refractivity (Wildman–Crippen MR) is 73.9 cm³/mol. The lowest BCUT2D eigenvalue weighted by molar-refractivity contribution is 0.0558. The molecule has 2 unspecified atom stereocenters. The standard InChI is InChI=1S/C14H20Cl2O/c1-17-14(10-15)8-7-12(9-13(14)16)11-5-3-2-4-6-11/h7-9,11,13H,2-6,10H2,1H3. The summed E-state index contributed by atoms with van der Waals surface area (Å²) >= 11 is 12.4. The van der Waals surface area contributed by atoms with Crippen LogP contribution >= 0.6 is 23.2 Å². The minimum Gasteiger partial charge on any atom is -0.371 e. The van der Waals surface area contributed by atoms with Crippen LogP contribution in [0, 0.1) is 5.92 Å². The third-order valence-corrected chi connectivity index (χ3v) is 4.94. The molecule has 0 radical (unpaired) electrons. The van der Waals surface area contributed by atoms with E-state index >= 15 is 0 Å². The summed E-state index contributed by atoms with van der Waals surface area (Å²) < 4.78 is 5.48. The largest absolute Gasteiger partial charge is 0.371 e. The Bertz CT molecular complexity index is 312. The summed E-state index contributed by atoms with van der Waals surface area (Å²) in [6.45, 7) is 0. The summed E-state index contributed by atoms with van der Waals surface area (Å²) in [4.78, 5) is 0. The van der Waals surface area contributed by atoms with Gasteiger partial charge in [0.2, 0.25) is 0 Å². The van der Waals surface area contributed by atoms with Gasteiger partial charge in [-0.05, 0) is 30.4 Å². The molecule has 2 rings (SSSR count). The lowest BCUT2D eigenvalue weighted by Crippen LogP contribution is -2.42. The fourth-order valence-electron chi connectivity index (χ4n) is 2.76. The van der Waals surface area contributed by atoms with E-state index in [1.165, 1.54) is 37.7 Å². The van der Waals surface area contributed by atoms with Gasteiger partial charge in [-0.2, -0.15) is 0 Å². The second-order valence-corrected chi connectivity index (χ2v) is 5.77. The van der Waals surface area contributed by atoms with Crippen LogP contribution in [0.4, 0.5) is 0 Å². The van der Waals surface area contributed by atoms with Crippen molar-refractivity contribution >= 4 is 23.2 Å². The lowest BCUT2D eigenvalue weighted by atomic mass is 9.80. The van der Waals surface area contributed by atoms with Gasteiger partial charge in [0.15, 0.2) is 0 Å². The first-order valence-electron chi connectivity index (χ1n) is 6.38. The highest BCUT2D eigenvalue weighted by Gasteiger charge is 2.36. The van der Waals surface area contributed by atoms with Crippen molar-refractivity contribution in [3.05, 3.63) is 23.8 Å². The molecule has 0 N–H and O–H groups in total. The third-order valence-electron chi connectivity index (χ3n) is 4.03. The molecule has 0 saturated heterocycles. The smallest absolute Gasteiger partial charge is 0.119 e. The molecule has 17 heavy (non-hydrogen) atoms. The van der Waals surface area contributed by atoms with E-state index in [1.54, 1.807) is 7.11 Å². The van der Waals surface area contributed by atoms with Crippen molar-refractivity contribution in [2.45, 2.75) is 43.1 Å². The van der Waals surface area contributed by atoms with Crippen molar-refractivity contribution in [2.24, 2.45) is 5.92 Å². The average Bonchev–Trinajstić information content (AvgIpc) is 2.40. The van der Waals surface area contributed by atoms with E-state index < -0.39 is 5.60 Å². The Labute approximate surface area is 114 Å². The minimum absolute atomic E-state index is 0.160. The number of ether oxygens (including phenoxy) is 1. The second kappa shape index (κ2) is 5.77. The molecule has 1 nitrogen and oxygen atoms in total. The van der Waals surface area contributed by atoms with Gasteiger partial charge in [0, 0.05) is 7.11 Å². The first kappa shape index (κ1) is 13.5. The van der Waals surface area contributed by atoms with Crippen LogP contribution < -0.4 is 0 Å². The van der Waals surface area contributed by atoms with Crippen LogP contribution in [0.15, 0.2) is 23.8 Å². The summed E-state index contributed by atoms with van der Waals surface area (Å²) in [5.41, 5.74) is 0.851. The van der Waals surface area contributed by atoms with Crippen molar-refractivity contribution in [3.63, 3.8) is 0 Å². The van der Waals surface area contributed by atoms with Crippen molar-refractivity contribution in [2.75, 3.05) is 13.0 Å². The number of allylic oxidation sites excluding steroid dienone is 2. The van der Waals surface area contributed by atoms with Crippen molar-refractivity contribution in [1.82, 2.24) is 0 Å². The van der Waals surface area contributed by atoms with Crippen LogP contribution in [0.1, 0.15) is 32.1 Å². The van der Waals surface area contributed by atoms with Crippen LogP contribution in [0.2, 0.25) is 0 Å². The van der Waals surface area contributed by atoms with Crippen LogP contribution in [-0.4, -0.2) is 24.0 Å². The van der Waals surface area contributed by atoms with E-state index in [0.717, 1.165) is 0 Å². The van der Waals surface area contributed by atoms with Crippen molar-refractivity contribution < 1.29 is 4.74 Å². The van der Waals surface area contributed by atoms with Gasteiger partial charge < -0.3 is 4.74 Å². The van der Waals surface area contributed by atoms with Gasteiger partial charge in [0.25, 0.3) is 0 Å². The van der Waals surface area contributed by atoms with Gasteiger partial charge in [-0.3, -0.25) is 0 Å². The van der Waals surface area contributed by atoms with E-state index in [4.69, 9.17) is 27.9 Å². The third kappa shape index (κ3) is 2.72. The number of hydrogen-bond donors (Lipinski definition) is 0. The van der Waals surface area contributed by atoms with Gasteiger partial charge in [-0.15, -0.1) is 23.2 Å². The first-order valence-corrected chi connectivity index (χ1v) is 7.35. The summed E-state index contributed by atoms with van der Waals surface area (Å²) in [5.74, 6) is 1.08. The summed E-state index contributed by atoms with van der Waals surface area (Å²) in [6, 6.07) is 0. The normalized spacial score (nSPS) is 34.8. The topological polar surface area (TPSA) is 9.23 Å². The molecular formula is C14H20Cl2O. The molecule has 1 fully saturated rings. The maximum atomic E-state index is 6.42. The average molecular weight is 275 g/mol. The zero-order chi connectivity index (χ0) is 12.3. The fourth-order valence-corrected chi connectivity index (χ4v) is 3.58. The molecule has 2 aliphatic carbocycles. The van der Waals surface area contributed by atoms with Gasteiger partial charge in [-0.25, -0.2) is 0 Å². The zero-order valence-electron chi connectivity index (χ0n) is 10.3. The highest BCUT2D eigenvalue weighted by Crippen LogP contribution is 2.37. The van der Waals surface area contributed by atoms with Crippen molar-refractivity contribution in [3.8, 4) is 0 Å². The number of methoxy groups -OCH3 is 1. The van der Waals surface area contributed by atoms with Gasteiger partial charge in [-0.1, -0.05) is 31.4 Å². The quantitative estimate of drug-likeness (QED) is 0.698. The van der Waals surface area contributed by atoms with E-state index in [2.05, 4.69) is 12.2 Å². The Kier molecular flexibility index (Phi) is 4.57. The van der Waals surface area contributed by atoms with E-state index in [-0.39, 0.29) is 5.38 Å². The zero-order valence-corrected chi connectivity index (χ0v) is 11.8. The number of alkyl halides is 2. The van der Waals surface area contributed by atoms with Gasteiger partial charge >= 0.3 is 0 Å². The van der Waals surface area contributed by atoms with Crippen LogP contribution in [0.5, 0.6) is 0 Å². The second-order valence-electron chi connectivity index (χ2n) is 5.03. The highest BCUT2D eigenvalue weighted by molar-refractivity contribution is 6.25. The Morgan fingerprint density at radius 2 is 2.06 bits per heavy atom. The van der Waals surface area contributed by atoms with Crippen LogP contribution in [0.3, 0.4) is 0 Å². The molecule has 0 amide bonds. The van der Waals surface area contributed by atoms with E-state index in [1.807, 2.05) is 6.08 Å². The van der Waals surface area contributed by atoms with Gasteiger partial charge in [0.1, 0.15) is 5.60 Å². The monoisotopic (exact) mass is 274 g/mol. The maximum absolute atomic E-state index is 6.42. The molecule has 0 aliphatic heterocycles. The van der Waals surface area contributed by atoms with Gasteiger partial charge in [0.05, 0.1) is 11.3 Å². The van der Waals surface area contributed by atoms with Crippen molar-refractivity contribution in [1.29, 1.82) is 0 Å². The molecule has 0 aromatic heterocycles. The Morgan fingerprint density at radius 3 is 2.59 bits per heavy atom. The summed E-state index contributed by atoms with van der Waals surface area (Å²) in [5, 5.41) is -0.160. The predicted octanol–water partition coefficient (Wildman–Crippen LogP) is 4.29. The van der Waals surface area contributed by atoms with E-state index in [0.29, 0.717) is 11.8 Å². The molecular weight excluding hydrogens is 255 g/mol. The highest BCUT2D eigenvalue weighted by atomic mass is 35.5. The fraction of sp³-hybridized carbons (Fsp3) is 0.714. The molecule has 0 aromatic rings. The first-order chi connectivity index (χ1) is 8.22. The molecule has 0 spiro atoms. The molecule has 2 aliphatic rings.